The molecule has 3 rings (SSSR count). The van der Waals surface area contributed by atoms with Gasteiger partial charge in [-0.1, -0.05) is 35.3 Å². The number of hydrogen-bond donors (Lipinski definition) is 0. The molecule has 1 fully saturated rings. The SMILES string of the molecule is CC(C)N(C)S(=O)(=O)c1cccc(C(=O)N2CCCC2c2ccc(Cl)c(Cl)c2)c1. The van der Waals surface area contributed by atoms with Crippen LogP contribution in [-0.2, 0) is 10.0 Å². The van der Waals surface area contributed by atoms with Crippen LogP contribution >= 0.6 is 23.2 Å². The Bertz CT molecular complexity index is 1020. The van der Waals surface area contributed by atoms with Crippen LogP contribution < -0.4 is 0 Å². The highest BCUT2D eigenvalue weighted by atomic mass is 35.5. The van der Waals surface area contributed by atoms with E-state index in [9.17, 15) is 13.2 Å². The van der Waals surface area contributed by atoms with E-state index in [0.29, 0.717) is 22.2 Å². The van der Waals surface area contributed by atoms with Gasteiger partial charge in [-0.3, -0.25) is 4.79 Å². The fourth-order valence-electron chi connectivity index (χ4n) is 3.48. The molecule has 29 heavy (non-hydrogen) atoms. The highest BCUT2D eigenvalue weighted by molar-refractivity contribution is 7.89. The van der Waals surface area contributed by atoms with Crippen molar-refractivity contribution in [3.05, 3.63) is 63.6 Å². The zero-order chi connectivity index (χ0) is 21.3. The van der Waals surface area contributed by atoms with Crippen LogP contribution in [-0.4, -0.2) is 43.2 Å². The molecule has 8 heteroatoms. The molecule has 5 nitrogen and oxygen atoms in total. The Morgan fingerprint density at radius 2 is 1.86 bits per heavy atom. The molecule has 1 saturated heterocycles. The average molecular weight is 455 g/mol. The number of hydrogen-bond acceptors (Lipinski definition) is 3. The minimum atomic E-state index is -3.66. The lowest BCUT2D eigenvalue weighted by Crippen LogP contribution is -2.33. The van der Waals surface area contributed by atoms with Crippen LogP contribution in [0.3, 0.4) is 0 Å². The van der Waals surface area contributed by atoms with Gasteiger partial charge < -0.3 is 4.90 Å². The normalized spacial score (nSPS) is 17.3. The van der Waals surface area contributed by atoms with Gasteiger partial charge in [0.25, 0.3) is 5.91 Å². The zero-order valence-corrected chi connectivity index (χ0v) is 18.9. The fourth-order valence-corrected chi connectivity index (χ4v) is 5.20. The third-order valence-corrected chi connectivity index (χ3v) is 8.10. The van der Waals surface area contributed by atoms with E-state index in [-0.39, 0.29) is 22.9 Å². The van der Waals surface area contributed by atoms with Gasteiger partial charge in [0.1, 0.15) is 0 Å². The van der Waals surface area contributed by atoms with E-state index in [2.05, 4.69) is 0 Å². The lowest BCUT2D eigenvalue weighted by atomic mass is 10.0. The van der Waals surface area contributed by atoms with Crippen molar-refractivity contribution < 1.29 is 13.2 Å². The van der Waals surface area contributed by atoms with Gasteiger partial charge in [0.15, 0.2) is 0 Å². The first-order chi connectivity index (χ1) is 13.6. The molecule has 156 valence electrons. The van der Waals surface area contributed by atoms with Crippen molar-refractivity contribution in [2.45, 2.75) is 43.7 Å². The largest absolute Gasteiger partial charge is 0.332 e. The maximum Gasteiger partial charge on any atom is 0.254 e. The van der Waals surface area contributed by atoms with Crippen LogP contribution in [0.1, 0.15) is 48.7 Å². The van der Waals surface area contributed by atoms with Crippen molar-refractivity contribution in [2.75, 3.05) is 13.6 Å². The van der Waals surface area contributed by atoms with Gasteiger partial charge in [-0.2, -0.15) is 4.31 Å². The monoisotopic (exact) mass is 454 g/mol. The molecule has 0 aliphatic carbocycles. The molecule has 1 aliphatic rings. The predicted octanol–water partition coefficient (Wildman–Crippen LogP) is 5.00. The summed E-state index contributed by atoms with van der Waals surface area (Å²) in [7, 11) is -2.13. The lowest BCUT2D eigenvalue weighted by molar-refractivity contribution is 0.0735. The third-order valence-electron chi connectivity index (χ3n) is 5.33. The van der Waals surface area contributed by atoms with Gasteiger partial charge in [0, 0.05) is 25.2 Å². The summed E-state index contributed by atoms with van der Waals surface area (Å²) in [5, 5.41) is 0.923. The maximum atomic E-state index is 13.2. The summed E-state index contributed by atoms with van der Waals surface area (Å²) in [5.41, 5.74) is 1.28. The number of nitrogens with zero attached hydrogens (tertiary/aromatic N) is 2. The van der Waals surface area contributed by atoms with E-state index < -0.39 is 10.0 Å². The summed E-state index contributed by atoms with van der Waals surface area (Å²) in [6, 6.07) is 11.3. The summed E-state index contributed by atoms with van der Waals surface area (Å²) < 4.78 is 26.9. The molecule has 0 aromatic heterocycles. The Labute approximate surface area is 182 Å². The smallest absolute Gasteiger partial charge is 0.254 e. The molecule has 1 amide bonds. The summed E-state index contributed by atoms with van der Waals surface area (Å²) in [6.45, 7) is 4.21. The Morgan fingerprint density at radius 3 is 2.52 bits per heavy atom. The number of carbonyl (C=O) groups excluding carboxylic acids is 1. The first-order valence-corrected chi connectivity index (χ1v) is 11.7. The van der Waals surface area contributed by atoms with Crippen molar-refractivity contribution in [3.63, 3.8) is 0 Å². The molecule has 1 heterocycles. The quantitative estimate of drug-likeness (QED) is 0.638. The number of sulfonamides is 1. The van der Waals surface area contributed by atoms with Crippen LogP contribution in [0, 0.1) is 0 Å². The molecule has 0 saturated carbocycles. The molecular weight excluding hydrogens is 431 g/mol. The van der Waals surface area contributed by atoms with Gasteiger partial charge in [0.2, 0.25) is 10.0 Å². The lowest BCUT2D eigenvalue weighted by Gasteiger charge is -2.26. The predicted molar refractivity (Wildman–Crippen MR) is 116 cm³/mol. The number of rotatable bonds is 5. The second kappa shape index (κ2) is 8.64. The van der Waals surface area contributed by atoms with E-state index in [1.54, 1.807) is 43.0 Å². The van der Waals surface area contributed by atoms with Crippen LogP contribution in [0.25, 0.3) is 0 Å². The average Bonchev–Trinajstić information content (AvgIpc) is 3.18. The molecular formula is C21H24Cl2N2O3S. The number of benzene rings is 2. The first-order valence-electron chi connectivity index (χ1n) is 9.47. The van der Waals surface area contributed by atoms with Crippen LogP contribution in [0.2, 0.25) is 10.0 Å². The highest BCUT2D eigenvalue weighted by Gasteiger charge is 2.32. The Morgan fingerprint density at radius 1 is 1.14 bits per heavy atom. The molecule has 0 spiro atoms. The number of likely N-dealkylation sites (tertiary alicyclic amines) is 1. The van der Waals surface area contributed by atoms with E-state index in [1.807, 2.05) is 6.07 Å². The molecule has 0 radical (unpaired) electrons. The second-order valence-electron chi connectivity index (χ2n) is 7.47. The molecule has 1 atom stereocenters. The maximum absolute atomic E-state index is 13.2. The summed E-state index contributed by atoms with van der Waals surface area (Å²) in [4.78, 5) is 15.1. The molecule has 2 aromatic carbocycles. The van der Waals surface area contributed by atoms with Gasteiger partial charge in [-0.05, 0) is 62.6 Å². The fraction of sp³-hybridized carbons (Fsp3) is 0.381. The first kappa shape index (κ1) is 22.1. The molecule has 0 N–H and O–H groups in total. The molecule has 1 aliphatic heterocycles. The third kappa shape index (κ3) is 4.45. The van der Waals surface area contributed by atoms with Crippen molar-refractivity contribution in [1.29, 1.82) is 0 Å². The van der Waals surface area contributed by atoms with Crippen molar-refractivity contribution >= 4 is 39.1 Å². The minimum Gasteiger partial charge on any atom is -0.332 e. The van der Waals surface area contributed by atoms with Crippen LogP contribution in [0.4, 0.5) is 0 Å². The van der Waals surface area contributed by atoms with Gasteiger partial charge in [-0.15, -0.1) is 0 Å². The van der Waals surface area contributed by atoms with Crippen molar-refractivity contribution in [1.82, 2.24) is 9.21 Å². The van der Waals surface area contributed by atoms with E-state index in [0.717, 1.165) is 18.4 Å². The van der Waals surface area contributed by atoms with Crippen LogP contribution in [0.5, 0.6) is 0 Å². The second-order valence-corrected chi connectivity index (χ2v) is 10.3. The van der Waals surface area contributed by atoms with E-state index in [4.69, 9.17) is 23.2 Å². The molecule has 0 bridgehead atoms. The van der Waals surface area contributed by atoms with E-state index in [1.165, 1.54) is 23.5 Å². The number of carbonyl (C=O) groups is 1. The highest BCUT2D eigenvalue weighted by Crippen LogP contribution is 2.36. The van der Waals surface area contributed by atoms with Gasteiger partial charge in [-0.25, -0.2) is 8.42 Å². The summed E-state index contributed by atoms with van der Waals surface area (Å²) in [5.74, 6) is -0.192. The van der Waals surface area contributed by atoms with Crippen molar-refractivity contribution in [2.24, 2.45) is 0 Å². The number of halogens is 2. The topological polar surface area (TPSA) is 57.7 Å². The molecule has 2 aromatic rings. The van der Waals surface area contributed by atoms with Gasteiger partial charge in [0.05, 0.1) is 21.0 Å². The number of amides is 1. The van der Waals surface area contributed by atoms with Crippen LogP contribution in [0.15, 0.2) is 47.4 Å². The standard InChI is InChI=1S/C21H24Cl2N2O3S/c1-14(2)24(3)29(27,28)17-7-4-6-16(12-17)21(26)25-11-5-8-20(25)15-9-10-18(22)19(23)13-15/h4,6-7,9-10,12-14,20H,5,8,11H2,1-3H3. The minimum absolute atomic E-state index is 0.115. The van der Waals surface area contributed by atoms with Gasteiger partial charge >= 0.3 is 0 Å². The Kier molecular flexibility index (Phi) is 6.58. The van der Waals surface area contributed by atoms with E-state index >= 15 is 0 Å². The Balaban J connectivity index is 1.91. The summed E-state index contributed by atoms with van der Waals surface area (Å²) >= 11 is 12.2. The zero-order valence-electron chi connectivity index (χ0n) is 16.6. The van der Waals surface area contributed by atoms with Crippen molar-refractivity contribution in [3.8, 4) is 0 Å². The molecule has 1 unspecified atom stereocenters. The summed E-state index contributed by atoms with van der Waals surface area (Å²) in [6.07, 6.45) is 1.68. The Hall–Kier alpha value is -1.60.